The van der Waals surface area contributed by atoms with Crippen LogP contribution < -0.4 is 14.8 Å². The van der Waals surface area contributed by atoms with Gasteiger partial charge in [0.05, 0.1) is 24.3 Å². The maximum atomic E-state index is 12.4. The summed E-state index contributed by atoms with van der Waals surface area (Å²) in [6.07, 6.45) is -0.784. The lowest BCUT2D eigenvalue weighted by Crippen LogP contribution is -2.30. The molecule has 0 heterocycles. The largest absolute Gasteiger partial charge is 0.493 e. The highest BCUT2D eigenvalue weighted by atomic mass is 35.5. The Morgan fingerprint density at radius 3 is 2.50 bits per heavy atom. The van der Waals surface area contributed by atoms with E-state index >= 15 is 0 Å². The van der Waals surface area contributed by atoms with Crippen molar-refractivity contribution in [3.8, 4) is 11.5 Å². The predicted octanol–water partition coefficient (Wildman–Crippen LogP) is 3.93. The minimum atomic E-state index is -0.784. The van der Waals surface area contributed by atoms with Crippen molar-refractivity contribution in [1.82, 2.24) is 0 Å². The highest BCUT2D eigenvalue weighted by molar-refractivity contribution is 6.33. The van der Waals surface area contributed by atoms with Gasteiger partial charge in [-0.3, -0.25) is 4.79 Å². The number of amides is 1. The molecule has 2 aromatic rings. The van der Waals surface area contributed by atoms with Gasteiger partial charge in [-0.25, -0.2) is 4.79 Å². The van der Waals surface area contributed by atoms with Gasteiger partial charge >= 0.3 is 5.97 Å². The molecule has 2 aromatic carbocycles. The van der Waals surface area contributed by atoms with E-state index in [0.29, 0.717) is 17.2 Å². The summed E-state index contributed by atoms with van der Waals surface area (Å²) < 4.78 is 15.8. The van der Waals surface area contributed by atoms with E-state index in [1.54, 1.807) is 44.2 Å². The highest BCUT2D eigenvalue weighted by Gasteiger charge is 2.18. The number of carbonyl (C=O) groups is 2. The molecule has 1 amide bonds. The third-order valence-electron chi connectivity index (χ3n) is 3.47. The quantitative estimate of drug-likeness (QED) is 0.740. The van der Waals surface area contributed by atoms with Crippen LogP contribution in [0.4, 0.5) is 5.69 Å². The molecule has 0 spiro atoms. The fourth-order valence-electron chi connectivity index (χ4n) is 2.17. The average molecular weight is 378 g/mol. The Balaban J connectivity index is 2.09. The van der Waals surface area contributed by atoms with Crippen LogP contribution >= 0.6 is 11.6 Å². The Bertz CT molecular complexity index is 793. The van der Waals surface area contributed by atoms with E-state index in [-0.39, 0.29) is 23.1 Å². The number of anilines is 1. The number of methoxy groups -OCH3 is 1. The highest BCUT2D eigenvalue weighted by Crippen LogP contribution is 2.27. The number of esters is 1. The number of nitrogens with one attached hydrogen (secondary N) is 1. The third kappa shape index (κ3) is 4.89. The van der Waals surface area contributed by atoms with Gasteiger partial charge in [0.25, 0.3) is 5.91 Å². The molecule has 0 fully saturated rings. The van der Waals surface area contributed by atoms with Crippen molar-refractivity contribution in [2.24, 2.45) is 0 Å². The summed E-state index contributed by atoms with van der Waals surface area (Å²) in [5.74, 6) is 0.0594. The maximum absolute atomic E-state index is 12.4. The van der Waals surface area contributed by atoms with Crippen LogP contribution in [0.3, 0.4) is 0 Å². The lowest BCUT2D eigenvalue weighted by atomic mass is 10.2. The summed E-state index contributed by atoms with van der Waals surface area (Å²) in [6, 6.07) is 11.6. The lowest BCUT2D eigenvalue weighted by molar-refractivity contribution is -0.122. The zero-order chi connectivity index (χ0) is 19.1. The van der Waals surface area contributed by atoms with E-state index < -0.39 is 12.1 Å². The molecule has 1 unspecified atom stereocenters. The summed E-state index contributed by atoms with van der Waals surface area (Å²) in [6.45, 7) is 3.55. The van der Waals surface area contributed by atoms with E-state index in [1.807, 2.05) is 0 Å². The van der Waals surface area contributed by atoms with Crippen LogP contribution in [0, 0.1) is 0 Å². The molecule has 0 aliphatic heterocycles. The molecule has 0 bridgehead atoms. The van der Waals surface area contributed by atoms with Gasteiger partial charge in [0, 0.05) is 5.69 Å². The fourth-order valence-corrected chi connectivity index (χ4v) is 2.37. The van der Waals surface area contributed by atoms with Crippen LogP contribution in [0.5, 0.6) is 11.5 Å². The van der Waals surface area contributed by atoms with Crippen LogP contribution in [0.2, 0.25) is 5.02 Å². The first-order chi connectivity index (χ1) is 12.5. The normalized spacial score (nSPS) is 11.4. The van der Waals surface area contributed by atoms with Gasteiger partial charge in [-0.1, -0.05) is 23.7 Å². The van der Waals surface area contributed by atoms with Gasteiger partial charge in [0.1, 0.15) is 0 Å². The number of hydrogen-bond donors (Lipinski definition) is 1. The summed E-state index contributed by atoms with van der Waals surface area (Å²) in [5, 5.41) is 2.94. The molecule has 0 aromatic heterocycles. The van der Waals surface area contributed by atoms with Crippen molar-refractivity contribution in [3.05, 3.63) is 53.1 Å². The van der Waals surface area contributed by atoms with Crippen molar-refractivity contribution in [2.45, 2.75) is 20.0 Å². The number of benzene rings is 2. The number of hydrogen-bond acceptors (Lipinski definition) is 5. The van der Waals surface area contributed by atoms with E-state index in [1.165, 1.54) is 19.2 Å². The molecule has 0 saturated heterocycles. The molecule has 2 rings (SSSR count). The van der Waals surface area contributed by atoms with Gasteiger partial charge in [-0.05, 0) is 44.2 Å². The van der Waals surface area contributed by atoms with Gasteiger partial charge in [-0.2, -0.15) is 0 Å². The van der Waals surface area contributed by atoms with Crippen LogP contribution in [0.15, 0.2) is 42.5 Å². The summed E-state index contributed by atoms with van der Waals surface area (Å²) >= 11 is 6.01. The van der Waals surface area contributed by atoms with Crippen LogP contribution in [0.25, 0.3) is 0 Å². The molecular weight excluding hydrogens is 358 g/mol. The van der Waals surface area contributed by atoms with Crippen LogP contribution in [0.1, 0.15) is 24.2 Å². The van der Waals surface area contributed by atoms with Crippen molar-refractivity contribution >= 4 is 29.2 Å². The second-order valence-electron chi connectivity index (χ2n) is 5.32. The Morgan fingerprint density at radius 1 is 1.15 bits per heavy atom. The van der Waals surface area contributed by atoms with Crippen molar-refractivity contribution in [3.63, 3.8) is 0 Å². The molecule has 0 aliphatic rings. The van der Waals surface area contributed by atoms with Gasteiger partial charge in [0.15, 0.2) is 17.6 Å². The van der Waals surface area contributed by atoms with Gasteiger partial charge in [-0.15, -0.1) is 0 Å². The molecule has 6 nitrogen and oxygen atoms in total. The van der Waals surface area contributed by atoms with E-state index in [4.69, 9.17) is 25.8 Å². The molecule has 7 heteroatoms. The topological polar surface area (TPSA) is 73.9 Å². The first-order valence-electron chi connectivity index (χ1n) is 8.03. The molecular formula is C19H20ClNO5. The molecule has 0 saturated carbocycles. The SMILES string of the molecule is CCOC(=O)c1cc(NC(=O)C(C)Oc2ccccc2OC)ccc1Cl. The van der Waals surface area contributed by atoms with Crippen LogP contribution in [-0.2, 0) is 9.53 Å². The summed E-state index contributed by atoms with van der Waals surface area (Å²) in [5.41, 5.74) is 0.600. The number of ether oxygens (including phenoxy) is 3. The monoisotopic (exact) mass is 377 g/mol. The fraction of sp³-hybridized carbons (Fsp3) is 0.263. The van der Waals surface area contributed by atoms with Crippen LogP contribution in [-0.4, -0.2) is 31.7 Å². The number of rotatable bonds is 7. The van der Waals surface area contributed by atoms with Crippen molar-refractivity contribution in [1.29, 1.82) is 0 Å². The molecule has 1 atom stereocenters. The summed E-state index contributed by atoms with van der Waals surface area (Å²) in [4.78, 5) is 24.3. The number of para-hydroxylation sites is 2. The number of carbonyl (C=O) groups excluding carboxylic acids is 2. The summed E-state index contributed by atoms with van der Waals surface area (Å²) in [7, 11) is 1.53. The van der Waals surface area contributed by atoms with E-state index in [9.17, 15) is 9.59 Å². The second kappa shape index (κ2) is 9.10. The lowest BCUT2D eigenvalue weighted by Gasteiger charge is -2.17. The second-order valence-corrected chi connectivity index (χ2v) is 5.72. The molecule has 138 valence electrons. The molecule has 0 aliphatic carbocycles. The Labute approximate surface area is 157 Å². The minimum Gasteiger partial charge on any atom is -0.493 e. The molecule has 1 N–H and O–H groups in total. The van der Waals surface area contributed by atoms with Crippen molar-refractivity contribution in [2.75, 3.05) is 19.0 Å². The molecule has 0 radical (unpaired) electrons. The Kier molecular flexibility index (Phi) is 6.86. The predicted molar refractivity (Wildman–Crippen MR) is 99.1 cm³/mol. The Hall–Kier alpha value is -2.73. The van der Waals surface area contributed by atoms with Gasteiger partial charge in [0.2, 0.25) is 0 Å². The minimum absolute atomic E-state index is 0.185. The first kappa shape index (κ1) is 19.6. The third-order valence-corrected chi connectivity index (χ3v) is 3.80. The van der Waals surface area contributed by atoms with Gasteiger partial charge < -0.3 is 19.5 Å². The Morgan fingerprint density at radius 2 is 1.85 bits per heavy atom. The zero-order valence-electron chi connectivity index (χ0n) is 14.7. The maximum Gasteiger partial charge on any atom is 0.339 e. The zero-order valence-corrected chi connectivity index (χ0v) is 15.5. The molecule has 26 heavy (non-hydrogen) atoms. The standard InChI is InChI=1S/C19H20ClNO5/c1-4-25-19(23)14-11-13(9-10-15(14)20)21-18(22)12(2)26-17-8-6-5-7-16(17)24-3/h5-12H,4H2,1-3H3,(H,21,22). The van der Waals surface area contributed by atoms with E-state index in [0.717, 1.165) is 0 Å². The smallest absolute Gasteiger partial charge is 0.339 e. The van der Waals surface area contributed by atoms with E-state index in [2.05, 4.69) is 5.32 Å². The number of halogens is 1. The average Bonchev–Trinajstić information content (AvgIpc) is 2.63. The first-order valence-corrected chi connectivity index (χ1v) is 8.41. The van der Waals surface area contributed by atoms with Crippen molar-refractivity contribution < 1.29 is 23.8 Å².